The van der Waals surface area contributed by atoms with E-state index in [0.717, 1.165) is 5.56 Å². The molecule has 4 nitrogen and oxygen atoms in total. The molecule has 1 unspecified atom stereocenters. The minimum Gasteiger partial charge on any atom is -0.506 e. The van der Waals surface area contributed by atoms with Gasteiger partial charge in [-0.25, -0.2) is 8.42 Å². The number of aromatic hydroxyl groups is 1. The molecule has 2 aromatic rings. The minimum atomic E-state index is -3.51. The lowest BCUT2D eigenvalue weighted by atomic mass is 10.0. The van der Waals surface area contributed by atoms with E-state index in [4.69, 9.17) is 0 Å². The van der Waals surface area contributed by atoms with Gasteiger partial charge in [-0.05, 0) is 23.6 Å². The minimum absolute atomic E-state index is 0.0364. The molecule has 5 heteroatoms. The summed E-state index contributed by atoms with van der Waals surface area (Å²) in [6.45, 7) is 1.86. The van der Waals surface area contributed by atoms with Crippen molar-refractivity contribution < 1.29 is 13.5 Å². The quantitative estimate of drug-likeness (QED) is 0.832. The molecule has 0 bridgehead atoms. The summed E-state index contributed by atoms with van der Waals surface area (Å²) in [6, 6.07) is 15.7. The Morgan fingerprint density at radius 2 is 1.65 bits per heavy atom. The molecule has 0 radical (unpaired) electrons. The number of phenolic OH excluding ortho intramolecular Hbond substituents is 1. The summed E-state index contributed by atoms with van der Waals surface area (Å²) < 4.78 is 26.6. The van der Waals surface area contributed by atoms with Gasteiger partial charge in [-0.15, -0.1) is 0 Å². The predicted octanol–water partition coefficient (Wildman–Crippen LogP) is 2.94. The summed E-state index contributed by atoms with van der Waals surface area (Å²) in [5, 5.41) is 9.60. The highest BCUT2D eigenvalue weighted by atomic mass is 32.2. The summed E-state index contributed by atoms with van der Waals surface area (Å²) in [5.41, 5.74) is 1.17. The first-order valence-electron chi connectivity index (χ1n) is 6.31. The van der Waals surface area contributed by atoms with Gasteiger partial charge < -0.3 is 5.11 Å². The third kappa shape index (κ3) is 3.74. The van der Waals surface area contributed by atoms with Gasteiger partial charge in [-0.3, -0.25) is 4.72 Å². The molecule has 0 spiro atoms. The molecule has 1 atom stereocenters. The van der Waals surface area contributed by atoms with Gasteiger partial charge in [0, 0.05) is 0 Å². The lowest BCUT2D eigenvalue weighted by Crippen LogP contribution is -2.20. The Labute approximate surface area is 119 Å². The zero-order valence-electron chi connectivity index (χ0n) is 11.2. The maximum Gasteiger partial charge on any atom is 0.233 e. The first-order valence-corrected chi connectivity index (χ1v) is 7.96. The van der Waals surface area contributed by atoms with Gasteiger partial charge in [-0.2, -0.15) is 0 Å². The summed E-state index contributed by atoms with van der Waals surface area (Å²) in [6.07, 6.45) is 0. The summed E-state index contributed by atoms with van der Waals surface area (Å²) in [4.78, 5) is 0. The number of rotatable bonds is 5. The normalized spacial score (nSPS) is 12.8. The number of para-hydroxylation sites is 2. The molecule has 2 aromatic carbocycles. The highest BCUT2D eigenvalue weighted by molar-refractivity contribution is 7.92. The lowest BCUT2D eigenvalue weighted by molar-refractivity contribution is 0.477. The summed E-state index contributed by atoms with van der Waals surface area (Å²) in [7, 11) is -3.51. The van der Waals surface area contributed by atoms with E-state index in [9.17, 15) is 13.5 Å². The number of hydrogen-bond donors (Lipinski definition) is 2. The smallest absolute Gasteiger partial charge is 0.233 e. The average Bonchev–Trinajstić information content (AvgIpc) is 2.41. The van der Waals surface area contributed by atoms with Crippen molar-refractivity contribution in [3.05, 3.63) is 60.2 Å². The van der Waals surface area contributed by atoms with Crippen LogP contribution >= 0.6 is 0 Å². The number of phenols is 1. The lowest BCUT2D eigenvalue weighted by Gasteiger charge is -2.14. The maximum absolute atomic E-state index is 12.1. The van der Waals surface area contributed by atoms with E-state index < -0.39 is 10.0 Å². The van der Waals surface area contributed by atoms with Gasteiger partial charge in [-0.1, -0.05) is 49.4 Å². The second-order valence-corrected chi connectivity index (χ2v) is 6.48. The van der Waals surface area contributed by atoms with Crippen molar-refractivity contribution in [1.29, 1.82) is 0 Å². The van der Waals surface area contributed by atoms with E-state index in [0.29, 0.717) is 0 Å². The molecule has 0 saturated carbocycles. The van der Waals surface area contributed by atoms with Crippen LogP contribution in [0.2, 0.25) is 0 Å². The molecular formula is C15H17NO3S. The largest absolute Gasteiger partial charge is 0.506 e. The Hall–Kier alpha value is -2.01. The number of sulfonamides is 1. The molecule has 0 saturated heterocycles. The van der Waals surface area contributed by atoms with Crippen LogP contribution in [0.5, 0.6) is 5.75 Å². The van der Waals surface area contributed by atoms with Crippen LogP contribution in [0.1, 0.15) is 18.4 Å². The number of benzene rings is 2. The third-order valence-electron chi connectivity index (χ3n) is 3.01. The van der Waals surface area contributed by atoms with Crippen molar-refractivity contribution >= 4 is 15.7 Å². The van der Waals surface area contributed by atoms with Crippen molar-refractivity contribution in [3.8, 4) is 5.75 Å². The zero-order valence-corrected chi connectivity index (χ0v) is 12.0. The van der Waals surface area contributed by atoms with Crippen molar-refractivity contribution in [2.45, 2.75) is 12.8 Å². The molecule has 0 amide bonds. The third-order valence-corrected chi connectivity index (χ3v) is 4.48. The predicted molar refractivity (Wildman–Crippen MR) is 80.4 cm³/mol. The SMILES string of the molecule is CC(CS(=O)(=O)Nc1ccccc1O)c1ccccc1. The Morgan fingerprint density at radius 3 is 2.30 bits per heavy atom. The van der Waals surface area contributed by atoms with Gasteiger partial charge in [0.15, 0.2) is 0 Å². The van der Waals surface area contributed by atoms with Crippen LogP contribution in [0.15, 0.2) is 54.6 Å². The van der Waals surface area contributed by atoms with Gasteiger partial charge in [0.1, 0.15) is 5.75 Å². The van der Waals surface area contributed by atoms with Crippen molar-refractivity contribution in [3.63, 3.8) is 0 Å². The molecule has 0 aliphatic carbocycles. The number of hydrogen-bond acceptors (Lipinski definition) is 3. The molecule has 106 valence electrons. The maximum atomic E-state index is 12.1. The van der Waals surface area contributed by atoms with Gasteiger partial charge in [0.25, 0.3) is 0 Å². The van der Waals surface area contributed by atoms with E-state index in [1.54, 1.807) is 12.1 Å². The molecule has 0 aliphatic rings. The van der Waals surface area contributed by atoms with Crippen LogP contribution in [0.3, 0.4) is 0 Å². The molecule has 2 rings (SSSR count). The van der Waals surface area contributed by atoms with Crippen molar-refractivity contribution in [2.75, 3.05) is 10.5 Å². The molecule has 0 aromatic heterocycles. The Balaban J connectivity index is 2.10. The van der Waals surface area contributed by atoms with Crippen molar-refractivity contribution in [2.24, 2.45) is 0 Å². The van der Waals surface area contributed by atoms with E-state index in [2.05, 4.69) is 4.72 Å². The molecule has 0 fully saturated rings. The van der Waals surface area contributed by atoms with Gasteiger partial charge in [0.2, 0.25) is 10.0 Å². The topological polar surface area (TPSA) is 66.4 Å². The standard InChI is InChI=1S/C15H17NO3S/c1-12(13-7-3-2-4-8-13)11-20(18,19)16-14-9-5-6-10-15(14)17/h2-10,12,16-17H,11H2,1H3. The zero-order chi connectivity index (χ0) is 14.6. The van der Waals surface area contributed by atoms with E-state index in [1.807, 2.05) is 37.3 Å². The average molecular weight is 291 g/mol. The first-order chi connectivity index (χ1) is 9.48. The van der Waals surface area contributed by atoms with Gasteiger partial charge in [0.05, 0.1) is 11.4 Å². The van der Waals surface area contributed by atoms with Crippen LogP contribution in [0, 0.1) is 0 Å². The fourth-order valence-corrected chi connectivity index (χ4v) is 3.42. The van der Waals surface area contributed by atoms with Crippen LogP contribution in [0.4, 0.5) is 5.69 Å². The first kappa shape index (κ1) is 14.4. The molecule has 0 aliphatic heterocycles. The second kappa shape index (κ2) is 5.96. The Kier molecular flexibility index (Phi) is 4.29. The van der Waals surface area contributed by atoms with Gasteiger partial charge >= 0.3 is 0 Å². The van der Waals surface area contributed by atoms with Crippen molar-refractivity contribution in [1.82, 2.24) is 0 Å². The monoisotopic (exact) mass is 291 g/mol. The Morgan fingerprint density at radius 1 is 1.05 bits per heavy atom. The number of nitrogens with one attached hydrogen (secondary N) is 1. The molecule has 2 N–H and O–H groups in total. The fourth-order valence-electron chi connectivity index (χ4n) is 1.98. The van der Waals surface area contributed by atoms with E-state index in [-0.39, 0.29) is 23.1 Å². The van der Waals surface area contributed by atoms with Crippen LogP contribution in [-0.2, 0) is 10.0 Å². The molecular weight excluding hydrogens is 274 g/mol. The summed E-state index contributed by atoms with van der Waals surface area (Å²) in [5.74, 6) is -0.242. The van der Waals surface area contributed by atoms with Crippen LogP contribution in [0.25, 0.3) is 0 Å². The molecule has 0 heterocycles. The number of anilines is 1. The highest BCUT2D eigenvalue weighted by Crippen LogP contribution is 2.24. The summed E-state index contributed by atoms with van der Waals surface area (Å²) >= 11 is 0. The highest BCUT2D eigenvalue weighted by Gasteiger charge is 2.18. The van der Waals surface area contributed by atoms with Crippen LogP contribution in [-0.4, -0.2) is 19.3 Å². The van der Waals surface area contributed by atoms with E-state index in [1.165, 1.54) is 12.1 Å². The molecule has 20 heavy (non-hydrogen) atoms. The fraction of sp³-hybridized carbons (Fsp3) is 0.200. The van der Waals surface area contributed by atoms with E-state index >= 15 is 0 Å². The Bertz CT molecular complexity index is 669. The van der Waals surface area contributed by atoms with Crippen LogP contribution < -0.4 is 4.72 Å². The second-order valence-electron chi connectivity index (χ2n) is 4.71.